The summed E-state index contributed by atoms with van der Waals surface area (Å²) >= 11 is 4.10. The maximum atomic E-state index is 4.10. The van der Waals surface area contributed by atoms with Crippen molar-refractivity contribution in [3.8, 4) is 0 Å². The van der Waals surface area contributed by atoms with E-state index in [2.05, 4.69) is 164 Å². The molecule has 2 nitrogen and oxygen atoms in total. The molecule has 0 heterocycles. The third kappa shape index (κ3) is 5.49. The van der Waals surface area contributed by atoms with Crippen LogP contribution in [0.15, 0.2) is 113 Å². The summed E-state index contributed by atoms with van der Waals surface area (Å²) in [6.45, 7) is 10.8. The van der Waals surface area contributed by atoms with Gasteiger partial charge in [0, 0.05) is 22.8 Å². The van der Waals surface area contributed by atoms with Gasteiger partial charge in [0.15, 0.2) is 0 Å². The molecule has 0 fully saturated rings. The number of rotatable bonds is 6. The lowest BCUT2D eigenvalue weighted by Gasteiger charge is -2.33. The molecular weight excluding hydrogens is 528 g/mol. The van der Waals surface area contributed by atoms with Crippen LogP contribution >= 0.6 is 15.9 Å². The molecular formula is C35H35BrN2. The second-order valence-corrected chi connectivity index (χ2v) is 11.3. The molecule has 0 saturated carbocycles. The first kappa shape index (κ1) is 26.1. The quantitative estimate of drug-likeness (QED) is 0.230. The Morgan fingerprint density at radius 2 is 1.03 bits per heavy atom. The van der Waals surface area contributed by atoms with E-state index in [-0.39, 0.29) is 0 Å². The zero-order valence-electron chi connectivity index (χ0n) is 22.9. The van der Waals surface area contributed by atoms with Crippen LogP contribution in [-0.2, 0) is 0 Å². The lowest BCUT2D eigenvalue weighted by molar-refractivity contribution is 0.728. The van der Waals surface area contributed by atoms with Crippen LogP contribution in [0.25, 0.3) is 0 Å². The molecule has 1 aliphatic carbocycles. The molecule has 0 N–H and O–H groups in total. The van der Waals surface area contributed by atoms with E-state index in [0.29, 0.717) is 5.92 Å². The van der Waals surface area contributed by atoms with Gasteiger partial charge < -0.3 is 9.80 Å². The van der Waals surface area contributed by atoms with Gasteiger partial charge in [-0.15, -0.1) is 0 Å². The molecule has 3 heteroatoms. The zero-order chi connectivity index (χ0) is 26.8. The Morgan fingerprint density at radius 1 is 0.605 bits per heavy atom. The minimum Gasteiger partial charge on any atom is -0.310 e. The van der Waals surface area contributed by atoms with Crippen LogP contribution in [-0.4, -0.2) is 0 Å². The Morgan fingerprint density at radius 3 is 1.45 bits per heavy atom. The molecule has 0 bridgehead atoms. The lowest BCUT2D eigenvalue weighted by atomic mass is 10.00. The van der Waals surface area contributed by atoms with Crippen molar-refractivity contribution in [3.63, 3.8) is 0 Å². The fourth-order valence-corrected chi connectivity index (χ4v) is 5.46. The van der Waals surface area contributed by atoms with Crippen LogP contribution in [0.4, 0.5) is 28.4 Å². The number of allylic oxidation sites excluding steroid dienone is 3. The SMILES string of the molecule is Cc1ccc(N(C2=CCC(C)C=C2)c2cc(C)cc(N(c3ccc(C)cc3)c3ccc(C)cc3)c2Br)cc1. The molecule has 38 heavy (non-hydrogen) atoms. The first-order valence-corrected chi connectivity index (χ1v) is 14.1. The van der Waals surface area contributed by atoms with E-state index in [1.54, 1.807) is 0 Å². The first-order chi connectivity index (χ1) is 18.3. The minimum atomic E-state index is 0.550. The van der Waals surface area contributed by atoms with E-state index < -0.39 is 0 Å². The van der Waals surface area contributed by atoms with Gasteiger partial charge in [-0.3, -0.25) is 0 Å². The summed E-state index contributed by atoms with van der Waals surface area (Å²) < 4.78 is 1.05. The van der Waals surface area contributed by atoms with E-state index in [1.807, 2.05) is 0 Å². The molecule has 0 saturated heterocycles. The second-order valence-electron chi connectivity index (χ2n) is 10.5. The summed E-state index contributed by atoms with van der Waals surface area (Å²) in [6, 6.07) is 30.9. The van der Waals surface area contributed by atoms with Crippen LogP contribution in [0.5, 0.6) is 0 Å². The number of halogens is 1. The van der Waals surface area contributed by atoms with Crippen molar-refractivity contribution in [2.75, 3.05) is 9.80 Å². The van der Waals surface area contributed by atoms with E-state index in [0.717, 1.165) is 39.3 Å². The number of benzene rings is 4. The Bertz CT molecular complexity index is 1430. The van der Waals surface area contributed by atoms with Gasteiger partial charge in [-0.05, 0) is 116 Å². The highest BCUT2D eigenvalue weighted by molar-refractivity contribution is 9.10. The molecule has 0 aliphatic heterocycles. The van der Waals surface area contributed by atoms with Crippen LogP contribution in [0.2, 0.25) is 0 Å². The van der Waals surface area contributed by atoms with Crippen molar-refractivity contribution in [1.82, 2.24) is 0 Å². The Labute approximate surface area is 236 Å². The largest absolute Gasteiger partial charge is 0.310 e. The predicted molar refractivity (Wildman–Crippen MR) is 167 cm³/mol. The normalized spacial score (nSPS) is 14.8. The van der Waals surface area contributed by atoms with Gasteiger partial charge >= 0.3 is 0 Å². The third-order valence-electron chi connectivity index (χ3n) is 7.09. The number of nitrogens with zero attached hydrogens (tertiary/aromatic N) is 2. The zero-order valence-corrected chi connectivity index (χ0v) is 24.5. The summed E-state index contributed by atoms with van der Waals surface area (Å²) in [5.74, 6) is 0.550. The Balaban J connectivity index is 1.72. The second kappa shape index (κ2) is 11.0. The fraction of sp³-hybridized carbons (Fsp3) is 0.200. The Kier molecular flexibility index (Phi) is 7.58. The molecule has 192 valence electrons. The fourth-order valence-electron chi connectivity index (χ4n) is 4.87. The van der Waals surface area contributed by atoms with Gasteiger partial charge in [0.25, 0.3) is 0 Å². The molecule has 1 atom stereocenters. The lowest BCUT2D eigenvalue weighted by Crippen LogP contribution is -2.19. The van der Waals surface area contributed by atoms with E-state index >= 15 is 0 Å². The summed E-state index contributed by atoms with van der Waals surface area (Å²) in [5.41, 5.74) is 11.8. The van der Waals surface area contributed by atoms with Gasteiger partial charge in [0.1, 0.15) is 0 Å². The summed E-state index contributed by atoms with van der Waals surface area (Å²) in [5, 5.41) is 0. The van der Waals surface area contributed by atoms with Crippen LogP contribution < -0.4 is 9.80 Å². The molecule has 5 rings (SSSR count). The molecule has 0 radical (unpaired) electrons. The van der Waals surface area contributed by atoms with Crippen LogP contribution in [0.3, 0.4) is 0 Å². The molecule has 0 spiro atoms. The molecule has 1 unspecified atom stereocenters. The van der Waals surface area contributed by atoms with Crippen molar-refractivity contribution in [1.29, 1.82) is 0 Å². The summed E-state index contributed by atoms with van der Waals surface area (Å²) in [6.07, 6.45) is 7.96. The number of hydrogen-bond acceptors (Lipinski definition) is 2. The van der Waals surface area contributed by atoms with Gasteiger partial charge in [0.2, 0.25) is 0 Å². The Hall–Kier alpha value is -3.56. The third-order valence-corrected chi connectivity index (χ3v) is 7.90. The maximum absolute atomic E-state index is 4.10. The minimum absolute atomic E-state index is 0.550. The standard InChI is InChI=1S/C35H35BrN2/c1-24-6-14-29(15-7-24)37(30-16-8-25(2)9-17-30)33-22-28(5)23-34(35(33)36)38(31-18-10-26(3)11-19-31)32-20-12-27(4)13-21-32/h6-12,14-23,27H,13H2,1-5H3. The smallest absolute Gasteiger partial charge is 0.0657 e. The molecule has 4 aromatic rings. The highest BCUT2D eigenvalue weighted by Gasteiger charge is 2.23. The van der Waals surface area contributed by atoms with Gasteiger partial charge in [-0.2, -0.15) is 0 Å². The average Bonchev–Trinajstić information content (AvgIpc) is 2.91. The molecule has 4 aromatic carbocycles. The van der Waals surface area contributed by atoms with Crippen molar-refractivity contribution in [2.24, 2.45) is 5.92 Å². The van der Waals surface area contributed by atoms with Gasteiger partial charge in [-0.1, -0.05) is 72.2 Å². The average molecular weight is 564 g/mol. The predicted octanol–water partition coefficient (Wildman–Crippen LogP) is 10.8. The van der Waals surface area contributed by atoms with E-state index in [9.17, 15) is 0 Å². The highest BCUT2D eigenvalue weighted by Crippen LogP contribution is 2.46. The van der Waals surface area contributed by atoms with E-state index in [1.165, 1.54) is 28.0 Å². The van der Waals surface area contributed by atoms with Crippen LogP contribution in [0.1, 0.15) is 35.6 Å². The monoisotopic (exact) mass is 562 g/mol. The van der Waals surface area contributed by atoms with Crippen molar-refractivity contribution >= 4 is 44.4 Å². The van der Waals surface area contributed by atoms with Crippen molar-refractivity contribution in [3.05, 3.63) is 136 Å². The van der Waals surface area contributed by atoms with Crippen LogP contribution in [0, 0.1) is 33.6 Å². The molecule has 0 amide bonds. The van der Waals surface area contributed by atoms with Crippen molar-refractivity contribution < 1.29 is 0 Å². The summed E-state index contributed by atoms with van der Waals surface area (Å²) in [7, 11) is 0. The number of aryl methyl sites for hydroxylation is 4. The first-order valence-electron chi connectivity index (χ1n) is 13.3. The van der Waals surface area contributed by atoms with Gasteiger partial charge in [-0.25, -0.2) is 0 Å². The topological polar surface area (TPSA) is 6.48 Å². The summed E-state index contributed by atoms with van der Waals surface area (Å²) in [4.78, 5) is 4.73. The van der Waals surface area contributed by atoms with Crippen molar-refractivity contribution in [2.45, 2.75) is 41.0 Å². The van der Waals surface area contributed by atoms with E-state index in [4.69, 9.17) is 0 Å². The van der Waals surface area contributed by atoms with Gasteiger partial charge in [0.05, 0.1) is 15.8 Å². The number of anilines is 5. The highest BCUT2D eigenvalue weighted by atomic mass is 79.9. The maximum Gasteiger partial charge on any atom is 0.0657 e. The number of hydrogen-bond donors (Lipinski definition) is 0. The molecule has 1 aliphatic rings. The molecule has 0 aromatic heterocycles.